The van der Waals surface area contributed by atoms with E-state index in [0.717, 1.165) is 18.9 Å². The van der Waals surface area contributed by atoms with Crippen LogP contribution in [0.1, 0.15) is 5.82 Å². The van der Waals surface area contributed by atoms with Crippen LogP contribution in [0.2, 0.25) is 0 Å². The van der Waals surface area contributed by atoms with Crippen molar-refractivity contribution in [3.05, 3.63) is 36.9 Å². The van der Waals surface area contributed by atoms with Crippen molar-refractivity contribution in [3.8, 4) is 0 Å². The van der Waals surface area contributed by atoms with Crippen molar-refractivity contribution in [3.63, 3.8) is 0 Å². The third-order valence-corrected chi connectivity index (χ3v) is 2.01. The molecule has 0 fully saturated rings. The van der Waals surface area contributed by atoms with Crippen molar-refractivity contribution in [2.75, 3.05) is 0 Å². The Kier molecular flexibility index (Phi) is 2.12. The largest absolute Gasteiger partial charge is 0.336 e. The molecule has 0 aliphatic rings. The maximum atomic E-state index is 4.03. The van der Waals surface area contributed by atoms with Gasteiger partial charge in [-0.15, -0.1) is 0 Å². The highest BCUT2D eigenvalue weighted by molar-refractivity contribution is 4.87. The molecule has 0 unspecified atom stereocenters. The van der Waals surface area contributed by atoms with Crippen molar-refractivity contribution in [1.82, 2.24) is 19.1 Å². The minimum Gasteiger partial charge on any atom is -0.336 e. The smallest absolute Gasteiger partial charge is 0.109 e. The Labute approximate surface area is 76.9 Å². The molecule has 0 aliphatic heterocycles. The second-order valence-corrected chi connectivity index (χ2v) is 2.91. The molecular weight excluding hydrogens is 164 g/mol. The van der Waals surface area contributed by atoms with Gasteiger partial charge in [0.1, 0.15) is 12.0 Å². The molecule has 0 atom stereocenters. The molecule has 4 heteroatoms. The van der Waals surface area contributed by atoms with Gasteiger partial charge >= 0.3 is 0 Å². The highest BCUT2D eigenvalue weighted by Crippen LogP contribution is 1.96. The van der Waals surface area contributed by atoms with E-state index < -0.39 is 0 Å². The standard InChI is InChI=1S/C9H11N4/c1-9-11-3-5-13(9)7-6-12-4-2-10-8-12/h2,4-5,8H,6-7H2,1H3. The Morgan fingerprint density at radius 2 is 2.38 bits per heavy atom. The van der Waals surface area contributed by atoms with Gasteiger partial charge in [-0.25, -0.2) is 9.97 Å². The maximum absolute atomic E-state index is 4.03. The average molecular weight is 175 g/mol. The first-order chi connectivity index (χ1) is 6.36. The highest BCUT2D eigenvalue weighted by Gasteiger charge is 1.96. The molecule has 0 N–H and O–H groups in total. The lowest BCUT2D eigenvalue weighted by molar-refractivity contribution is 0.567. The lowest BCUT2D eigenvalue weighted by Gasteiger charge is -2.04. The van der Waals surface area contributed by atoms with E-state index in [0.29, 0.717) is 0 Å². The van der Waals surface area contributed by atoms with Crippen LogP contribution in [0, 0.1) is 13.1 Å². The van der Waals surface area contributed by atoms with Gasteiger partial charge in [-0.05, 0) is 6.92 Å². The molecule has 13 heavy (non-hydrogen) atoms. The van der Waals surface area contributed by atoms with Crippen LogP contribution in [0.25, 0.3) is 0 Å². The average Bonchev–Trinajstić information content (AvgIpc) is 2.72. The van der Waals surface area contributed by atoms with E-state index in [4.69, 9.17) is 0 Å². The van der Waals surface area contributed by atoms with Crippen molar-refractivity contribution >= 4 is 0 Å². The molecule has 2 aromatic heterocycles. The molecule has 0 aromatic carbocycles. The van der Waals surface area contributed by atoms with Gasteiger partial charge in [0, 0.05) is 31.7 Å². The lowest BCUT2D eigenvalue weighted by atomic mass is 10.5. The normalized spacial score (nSPS) is 10.5. The summed E-state index contributed by atoms with van der Waals surface area (Å²) in [6.07, 6.45) is 10.2. The zero-order valence-electron chi connectivity index (χ0n) is 7.51. The van der Waals surface area contributed by atoms with Crippen LogP contribution in [-0.2, 0) is 13.1 Å². The van der Waals surface area contributed by atoms with E-state index in [1.165, 1.54) is 0 Å². The van der Waals surface area contributed by atoms with Gasteiger partial charge in [0.15, 0.2) is 0 Å². The third-order valence-electron chi connectivity index (χ3n) is 2.01. The Morgan fingerprint density at radius 1 is 1.46 bits per heavy atom. The Bertz CT molecular complexity index is 361. The zero-order valence-corrected chi connectivity index (χ0v) is 7.51. The number of nitrogens with zero attached hydrogens (tertiary/aromatic N) is 4. The minimum atomic E-state index is 0.915. The van der Waals surface area contributed by atoms with Gasteiger partial charge < -0.3 is 9.13 Å². The maximum Gasteiger partial charge on any atom is 0.109 e. The summed E-state index contributed by atoms with van der Waals surface area (Å²) in [5, 5.41) is 0. The molecule has 2 aromatic rings. The van der Waals surface area contributed by atoms with E-state index in [1.807, 2.05) is 30.2 Å². The molecule has 4 nitrogen and oxygen atoms in total. The molecule has 0 saturated carbocycles. The fraction of sp³-hybridized carbons (Fsp3) is 0.333. The summed E-state index contributed by atoms with van der Waals surface area (Å²) >= 11 is 0. The van der Waals surface area contributed by atoms with Crippen LogP contribution in [0.3, 0.4) is 0 Å². The van der Waals surface area contributed by atoms with E-state index in [1.54, 1.807) is 6.20 Å². The summed E-state index contributed by atoms with van der Waals surface area (Å²) in [5.74, 6) is 1.00. The SMILES string of the molecule is Cc1n[c]cn1CCn1ccnc1. The molecule has 0 amide bonds. The number of aromatic nitrogens is 4. The van der Waals surface area contributed by atoms with Crippen LogP contribution < -0.4 is 0 Å². The third kappa shape index (κ3) is 1.77. The van der Waals surface area contributed by atoms with Crippen molar-refractivity contribution in [2.45, 2.75) is 20.0 Å². The minimum absolute atomic E-state index is 0.915. The molecule has 1 radical (unpaired) electrons. The van der Waals surface area contributed by atoms with Crippen LogP contribution in [-0.4, -0.2) is 19.1 Å². The van der Waals surface area contributed by atoms with Gasteiger partial charge in [0.05, 0.1) is 6.33 Å². The Hall–Kier alpha value is -1.58. The molecule has 2 heterocycles. The van der Waals surface area contributed by atoms with E-state index in [2.05, 4.69) is 20.7 Å². The van der Waals surface area contributed by atoms with E-state index in [-0.39, 0.29) is 0 Å². The van der Waals surface area contributed by atoms with Crippen molar-refractivity contribution in [2.24, 2.45) is 0 Å². The van der Waals surface area contributed by atoms with Gasteiger partial charge in [0.2, 0.25) is 0 Å². The molecule has 2 rings (SSSR count). The summed E-state index contributed by atoms with van der Waals surface area (Å²) in [4.78, 5) is 8.00. The summed E-state index contributed by atoms with van der Waals surface area (Å²) < 4.78 is 4.11. The first-order valence-corrected chi connectivity index (χ1v) is 4.22. The summed E-state index contributed by atoms with van der Waals surface area (Å²) in [5.41, 5.74) is 0. The molecular formula is C9H11N4. The summed E-state index contributed by atoms with van der Waals surface area (Å²) in [6.45, 7) is 3.81. The van der Waals surface area contributed by atoms with Crippen LogP contribution in [0.4, 0.5) is 0 Å². The van der Waals surface area contributed by atoms with Gasteiger partial charge in [0.25, 0.3) is 0 Å². The van der Waals surface area contributed by atoms with E-state index in [9.17, 15) is 0 Å². The number of imidazole rings is 2. The number of aryl methyl sites for hydroxylation is 3. The first kappa shape index (κ1) is 8.04. The molecule has 0 aliphatic carbocycles. The van der Waals surface area contributed by atoms with Crippen LogP contribution in [0.15, 0.2) is 24.9 Å². The summed E-state index contributed by atoms with van der Waals surface area (Å²) in [7, 11) is 0. The van der Waals surface area contributed by atoms with Crippen LogP contribution in [0.5, 0.6) is 0 Å². The topological polar surface area (TPSA) is 35.6 Å². The number of rotatable bonds is 3. The van der Waals surface area contributed by atoms with Crippen LogP contribution >= 0.6 is 0 Å². The molecule has 0 saturated heterocycles. The first-order valence-electron chi connectivity index (χ1n) is 4.22. The highest BCUT2D eigenvalue weighted by atomic mass is 15.1. The lowest BCUT2D eigenvalue weighted by Crippen LogP contribution is -2.06. The number of hydrogen-bond acceptors (Lipinski definition) is 2. The second-order valence-electron chi connectivity index (χ2n) is 2.91. The zero-order chi connectivity index (χ0) is 9.10. The number of hydrogen-bond donors (Lipinski definition) is 0. The predicted molar refractivity (Wildman–Crippen MR) is 48.0 cm³/mol. The monoisotopic (exact) mass is 175 g/mol. The fourth-order valence-corrected chi connectivity index (χ4v) is 1.22. The van der Waals surface area contributed by atoms with E-state index >= 15 is 0 Å². The van der Waals surface area contributed by atoms with Crippen molar-refractivity contribution < 1.29 is 0 Å². The van der Waals surface area contributed by atoms with Gasteiger partial charge in [-0.2, -0.15) is 0 Å². The molecule has 0 bridgehead atoms. The molecule has 67 valence electrons. The summed E-state index contributed by atoms with van der Waals surface area (Å²) in [6, 6.07) is 0. The Morgan fingerprint density at radius 3 is 3.00 bits per heavy atom. The van der Waals surface area contributed by atoms with Gasteiger partial charge in [-0.3, -0.25) is 0 Å². The second kappa shape index (κ2) is 3.43. The quantitative estimate of drug-likeness (QED) is 0.694. The Balaban J connectivity index is 1.97. The van der Waals surface area contributed by atoms with Crippen molar-refractivity contribution in [1.29, 1.82) is 0 Å². The van der Waals surface area contributed by atoms with Gasteiger partial charge in [-0.1, -0.05) is 0 Å². The molecule has 0 spiro atoms. The fourth-order valence-electron chi connectivity index (χ4n) is 1.22. The predicted octanol–water partition coefficient (Wildman–Crippen LogP) is 0.888.